The van der Waals surface area contributed by atoms with Crippen LogP contribution >= 0.6 is 11.8 Å². The van der Waals surface area contributed by atoms with Crippen molar-refractivity contribution in [1.82, 2.24) is 0 Å². The summed E-state index contributed by atoms with van der Waals surface area (Å²) in [6.45, 7) is 2.20. The molecule has 0 saturated carbocycles. The molecule has 0 aliphatic carbocycles. The second kappa shape index (κ2) is 6.88. The minimum Gasteiger partial charge on any atom is -0.504 e. The molecule has 138 valence electrons. The molecule has 0 amide bonds. The quantitative estimate of drug-likeness (QED) is 0.820. The number of hydrogen-bond acceptors (Lipinski definition) is 7. The lowest BCUT2D eigenvalue weighted by Crippen LogP contribution is -2.32. The first kappa shape index (κ1) is 17.8. The van der Waals surface area contributed by atoms with Crippen LogP contribution in [0.15, 0.2) is 69.4 Å². The summed E-state index contributed by atoms with van der Waals surface area (Å²) < 4.78 is 5.48. The highest BCUT2D eigenvalue weighted by atomic mass is 32.2. The molecule has 2 heterocycles. The molecule has 0 spiro atoms. The largest absolute Gasteiger partial charge is 0.504 e. The Bertz CT molecular complexity index is 1120. The zero-order valence-electron chi connectivity index (χ0n) is 15.0. The number of hydrogen-bond donors (Lipinski definition) is 2. The van der Waals surface area contributed by atoms with Crippen molar-refractivity contribution in [3.8, 4) is 23.6 Å². The smallest absolute Gasteiger partial charge is 0.161 e. The highest BCUT2D eigenvalue weighted by molar-refractivity contribution is 8.03. The van der Waals surface area contributed by atoms with Gasteiger partial charge in [0, 0.05) is 4.90 Å². The number of ether oxygens (including phenoxy) is 1. The normalized spacial score (nSPS) is 17.7. The van der Waals surface area contributed by atoms with Crippen LogP contribution in [0.4, 0.5) is 5.69 Å². The zero-order valence-corrected chi connectivity index (χ0v) is 15.8. The van der Waals surface area contributed by atoms with Gasteiger partial charge in [-0.1, -0.05) is 30.0 Å². The first-order valence-corrected chi connectivity index (χ1v) is 9.49. The number of phenolic OH excluding ortho intramolecular Hbond substituents is 1. The van der Waals surface area contributed by atoms with E-state index in [-0.39, 0.29) is 5.75 Å². The van der Waals surface area contributed by atoms with E-state index in [1.54, 1.807) is 17.0 Å². The molecule has 2 aliphatic rings. The standard InChI is InChI=1S/C21H16N4O2S/c1-2-27-17-9-12(7-8-16(17)26)19-13(10-22)20(24)25-15-5-3-4-6-18(15)28-21(25)14(19)11-23/h3-9,19,26H,2,24H2,1H3. The summed E-state index contributed by atoms with van der Waals surface area (Å²) in [5.41, 5.74) is 8.68. The SMILES string of the molecule is CCOc1cc(C2C(C#N)=C(N)N3C(=C2C#N)Sc2ccccc23)ccc1O. The number of para-hydroxylation sites is 1. The summed E-state index contributed by atoms with van der Waals surface area (Å²) >= 11 is 1.46. The molecule has 6 nitrogen and oxygen atoms in total. The minimum atomic E-state index is -0.622. The van der Waals surface area contributed by atoms with Crippen LogP contribution in [0.3, 0.4) is 0 Å². The van der Waals surface area contributed by atoms with Gasteiger partial charge in [-0.25, -0.2) is 0 Å². The maximum absolute atomic E-state index is 10.0. The maximum atomic E-state index is 10.0. The number of allylic oxidation sites excluding steroid dienone is 2. The van der Waals surface area contributed by atoms with Gasteiger partial charge in [-0.05, 0) is 36.8 Å². The Hall–Kier alpha value is -3.55. The van der Waals surface area contributed by atoms with Gasteiger partial charge < -0.3 is 15.6 Å². The summed E-state index contributed by atoms with van der Waals surface area (Å²) in [4.78, 5) is 2.75. The molecule has 1 unspecified atom stereocenters. The van der Waals surface area contributed by atoms with Crippen molar-refractivity contribution in [3.63, 3.8) is 0 Å². The van der Waals surface area contributed by atoms with E-state index in [1.807, 2.05) is 31.2 Å². The van der Waals surface area contributed by atoms with Gasteiger partial charge in [0.05, 0.1) is 41.5 Å². The Morgan fingerprint density at radius 2 is 1.93 bits per heavy atom. The van der Waals surface area contributed by atoms with Crippen LogP contribution in [0, 0.1) is 22.7 Å². The molecule has 4 rings (SSSR count). The zero-order chi connectivity index (χ0) is 19.8. The summed E-state index contributed by atoms with van der Waals surface area (Å²) in [7, 11) is 0. The fourth-order valence-corrected chi connectivity index (χ4v) is 4.67. The molecule has 0 radical (unpaired) electrons. The number of thioether (sulfide) groups is 1. The van der Waals surface area contributed by atoms with Crippen LogP contribution in [-0.4, -0.2) is 11.7 Å². The van der Waals surface area contributed by atoms with Crippen molar-refractivity contribution in [2.45, 2.75) is 17.7 Å². The number of fused-ring (bicyclic) bond motifs is 3. The molecule has 7 heteroatoms. The molecule has 2 aliphatic heterocycles. The molecule has 28 heavy (non-hydrogen) atoms. The molecule has 0 saturated heterocycles. The molecule has 2 aromatic rings. The van der Waals surface area contributed by atoms with Crippen molar-refractivity contribution < 1.29 is 9.84 Å². The van der Waals surface area contributed by atoms with Crippen LogP contribution in [0.2, 0.25) is 0 Å². The third-order valence-corrected chi connectivity index (χ3v) is 5.86. The Kier molecular flexibility index (Phi) is 4.38. The van der Waals surface area contributed by atoms with Gasteiger partial charge in [0.15, 0.2) is 11.5 Å². The van der Waals surface area contributed by atoms with Crippen LogP contribution in [-0.2, 0) is 0 Å². The number of nitrogens with zero attached hydrogens (tertiary/aromatic N) is 3. The van der Waals surface area contributed by atoms with E-state index in [9.17, 15) is 15.6 Å². The monoisotopic (exact) mass is 388 g/mol. The highest BCUT2D eigenvalue weighted by Crippen LogP contribution is 2.54. The van der Waals surface area contributed by atoms with Gasteiger partial charge in [-0.15, -0.1) is 0 Å². The van der Waals surface area contributed by atoms with Crippen LogP contribution in [0.1, 0.15) is 18.4 Å². The molecule has 2 aromatic carbocycles. The number of nitrogens with two attached hydrogens (primary N) is 1. The van der Waals surface area contributed by atoms with Gasteiger partial charge in [-0.3, -0.25) is 4.90 Å². The summed E-state index contributed by atoms with van der Waals surface area (Å²) in [5.74, 6) is 0.00287. The summed E-state index contributed by atoms with van der Waals surface area (Å²) in [5, 5.41) is 30.6. The lowest BCUT2D eigenvalue weighted by molar-refractivity contribution is 0.317. The van der Waals surface area contributed by atoms with Crippen LogP contribution in [0.5, 0.6) is 11.5 Å². The lowest BCUT2D eigenvalue weighted by atomic mass is 9.83. The fourth-order valence-electron chi connectivity index (χ4n) is 3.49. The third kappa shape index (κ3) is 2.57. The molecule has 0 fully saturated rings. The average molecular weight is 388 g/mol. The number of phenols is 1. The highest BCUT2D eigenvalue weighted by Gasteiger charge is 2.40. The van der Waals surface area contributed by atoms with Crippen molar-refractivity contribution in [2.75, 3.05) is 11.5 Å². The minimum absolute atomic E-state index is 0.00676. The lowest BCUT2D eigenvalue weighted by Gasteiger charge is -2.31. The van der Waals surface area contributed by atoms with E-state index in [4.69, 9.17) is 10.5 Å². The second-order valence-corrected chi connectivity index (χ2v) is 7.27. The molecular formula is C21H16N4O2S. The Labute approximate surface area is 166 Å². The predicted octanol–water partition coefficient (Wildman–Crippen LogP) is 3.93. The van der Waals surface area contributed by atoms with Crippen LogP contribution in [0.25, 0.3) is 0 Å². The first-order chi connectivity index (χ1) is 13.6. The van der Waals surface area contributed by atoms with Crippen LogP contribution < -0.4 is 15.4 Å². The van der Waals surface area contributed by atoms with E-state index in [0.717, 1.165) is 10.6 Å². The van der Waals surface area contributed by atoms with Gasteiger partial charge in [-0.2, -0.15) is 10.5 Å². The second-order valence-electron chi connectivity index (χ2n) is 6.24. The number of anilines is 1. The Balaban J connectivity index is 1.93. The number of benzene rings is 2. The molecule has 0 aromatic heterocycles. The third-order valence-electron chi connectivity index (χ3n) is 4.70. The maximum Gasteiger partial charge on any atom is 0.161 e. The topological polar surface area (TPSA) is 106 Å². The Morgan fingerprint density at radius 1 is 1.18 bits per heavy atom. The molecule has 1 atom stereocenters. The number of aromatic hydroxyl groups is 1. The molecule has 3 N–H and O–H groups in total. The number of nitriles is 2. The van der Waals surface area contributed by atoms with Gasteiger partial charge in [0.25, 0.3) is 0 Å². The van der Waals surface area contributed by atoms with Gasteiger partial charge >= 0.3 is 0 Å². The first-order valence-electron chi connectivity index (χ1n) is 8.67. The van der Waals surface area contributed by atoms with Crippen molar-refractivity contribution in [2.24, 2.45) is 5.73 Å². The van der Waals surface area contributed by atoms with Crippen molar-refractivity contribution in [1.29, 1.82) is 10.5 Å². The predicted molar refractivity (Wildman–Crippen MR) is 106 cm³/mol. The summed E-state index contributed by atoms with van der Waals surface area (Å²) in [6, 6.07) is 17.0. The van der Waals surface area contributed by atoms with E-state index in [1.165, 1.54) is 17.8 Å². The van der Waals surface area contributed by atoms with Gasteiger partial charge in [0.1, 0.15) is 10.9 Å². The Morgan fingerprint density at radius 3 is 2.64 bits per heavy atom. The number of rotatable bonds is 3. The van der Waals surface area contributed by atoms with Crippen molar-refractivity contribution >= 4 is 17.4 Å². The van der Waals surface area contributed by atoms with E-state index >= 15 is 0 Å². The average Bonchev–Trinajstić information content (AvgIpc) is 3.09. The van der Waals surface area contributed by atoms with E-state index in [2.05, 4.69) is 12.1 Å². The van der Waals surface area contributed by atoms with E-state index < -0.39 is 5.92 Å². The van der Waals surface area contributed by atoms with Crippen molar-refractivity contribution in [3.05, 3.63) is 70.0 Å². The fraction of sp³-hybridized carbons (Fsp3) is 0.143. The van der Waals surface area contributed by atoms with Gasteiger partial charge in [0.2, 0.25) is 0 Å². The molecular weight excluding hydrogens is 372 g/mol. The summed E-state index contributed by atoms with van der Waals surface area (Å²) in [6.07, 6.45) is 0. The molecule has 0 bridgehead atoms. The van der Waals surface area contributed by atoms with E-state index in [0.29, 0.717) is 39.9 Å².